The van der Waals surface area contributed by atoms with Gasteiger partial charge in [0.05, 0.1) is 11.4 Å². The van der Waals surface area contributed by atoms with E-state index >= 15 is 0 Å². The molecule has 0 atom stereocenters. The maximum Gasteiger partial charge on any atom is 0.238 e. The van der Waals surface area contributed by atoms with E-state index in [4.69, 9.17) is 5.73 Å². The molecule has 0 amide bonds. The van der Waals surface area contributed by atoms with Crippen LogP contribution in [0.15, 0.2) is 40.9 Å². The molecule has 112 valence electrons. The van der Waals surface area contributed by atoms with E-state index in [1.54, 1.807) is 31.2 Å². The van der Waals surface area contributed by atoms with E-state index in [0.717, 1.165) is 15.7 Å². The first kappa shape index (κ1) is 15.9. The summed E-state index contributed by atoms with van der Waals surface area (Å²) in [5.41, 5.74) is 7.91. The summed E-state index contributed by atoms with van der Waals surface area (Å²) in [7, 11) is -3.50. The quantitative estimate of drug-likeness (QED) is 0.847. The molecule has 0 aliphatic rings. The van der Waals surface area contributed by atoms with Gasteiger partial charge in [-0.3, -0.25) is 4.72 Å². The molecule has 0 radical (unpaired) electrons. The normalized spacial score (nSPS) is 11.4. The van der Waals surface area contributed by atoms with Crippen molar-refractivity contribution in [2.24, 2.45) is 5.73 Å². The minimum absolute atomic E-state index is 0.103. The first-order chi connectivity index (χ1) is 9.89. The Morgan fingerprint density at radius 3 is 2.33 bits per heavy atom. The lowest BCUT2D eigenvalue weighted by molar-refractivity contribution is 0.600. The molecule has 1 aromatic carbocycles. The highest BCUT2D eigenvalue weighted by atomic mass is 79.9. The molecule has 7 heteroatoms. The average Bonchev–Trinajstić information content (AvgIpc) is 2.43. The van der Waals surface area contributed by atoms with Gasteiger partial charge in [-0.05, 0) is 46.1 Å². The Balaban J connectivity index is 2.12. The number of aromatic nitrogens is 1. The summed E-state index contributed by atoms with van der Waals surface area (Å²) in [4.78, 5) is 4.17. The highest BCUT2D eigenvalue weighted by Crippen LogP contribution is 2.18. The molecule has 5 nitrogen and oxygen atoms in total. The predicted molar refractivity (Wildman–Crippen MR) is 87.3 cm³/mol. The van der Waals surface area contributed by atoms with Crippen LogP contribution in [0.3, 0.4) is 0 Å². The lowest BCUT2D eigenvalue weighted by Gasteiger charge is -2.09. The van der Waals surface area contributed by atoms with Gasteiger partial charge in [-0.15, -0.1) is 0 Å². The van der Waals surface area contributed by atoms with E-state index < -0.39 is 10.0 Å². The van der Waals surface area contributed by atoms with Gasteiger partial charge in [0.15, 0.2) is 0 Å². The topological polar surface area (TPSA) is 85.1 Å². The van der Waals surface area contributed by atoms with Crippen LogP contribution in [0, 0.1) is 6.92 Å². The third kappa shape index (κ3) is 4.52. The first-order valence-electron chi connectivity index (χ1n) is 6.31. The van der Waals surface area contributed by atoms with Crippen LogP contribution in [0.4, 0.5) is 5.82 Å². The Bertz CT molecular complexity index is 730. The molecule has 0 aliphatic heterocycles. The molecule has 0 fully saturated rings. The van der Waals surface area contributed by atoms with Gasteiger partial charge in [0.25, 0.3) is 0 Å². The lowest BCUT2D eigenvalue weighted by Crippen LogP contribution is -2.16. The van der Waals surface area contributed by atoms with Crippen molar-refractivity contribution in [3.8, 4) is 0 Å². The third-order valence-electron chi connectivity index (χ3n) is 2.90. The summed E-state index contributed by atoms with van der Waals surface area (Å²) in [6, 6.07) is 10.6. The van der Waals surface area contributed by atoms with Crippen molar-refractivity contribution < 1.29 is 8.42 Å². The van der Waals surface area contributed by atoms with Crippen LogP contribution >= 0.6 is 15.9 Å². The molecule has 3 N–H and O–H groups in total. The Labute approximate surface area is 132 Å². The Morgan fingerprint density at radius 1 is 1.14 bits per heavy atom. The molecule has 0 unspecified atom stereocenters. The van der Waals surface area contributed by atoms with Crippen molar-refractivity contribution in [2.75, 3.05) is 4.72 Å². The summed E-state index contributed by atoms with van der Waals surface area (Å²) in [6.07, 6.45) is 0. The number of hydrogen-bond donors (Lipinski definition) is 2. The minimum Gasteiger partial charge on any atom is -0.326 e. The lowest BCUT2D eigenvalue weighted by atomic mass is 10.1. The van der Waals surface area contributed by atoms with E-state index in [-0.39, 0.29) is 5.75 Å². The molecular weight excluding hydrogens is 354 g/mol. The second-order valence-electron chi connectivity index (χ2n) is 4.65. The summed E-state index contributed by atoms with van der Waals surface area (Å²) >= 11 is 3.33. The Hall–Kier alpha value is -1.44. The molecule has 0 spiro atoms. The number of nitrogens with one attached hydrogen (secondary N) is 1. The van der Waals surface area contributed by atoms with Gasteiger partial charge in [-0.25, -0.2) is 13.4 Å². The molecule has 2 rings (SSSR count). The molecule has 0 saturated carbocycles. The summed E-state index contributed by atoms with van der Waals surface area (Å²) in [5, 5.41) is 0. The van der Waals surface area contributed by atoms with Crippen molar-refractivity contribution in [1.82, 2.24) is 4.98 Å². The maximum absolute atomic E-state index is 12.1. The van der Waals surface area contributed by atoms with Crippen LogP contribution in [-0.2, 0) is 22.3 Å². The van der Waals surface area contributed by atoms with E-state index in [2.05, 4.69) is 25.6 Å². The van der Waals surface area contributed by atoms with Crippen LogP contribution in [0.1, 0.15) is 16.8 Å². The van der Waals surface area contributed by atoms with Crippen LogP contribution in [0.25, 0.3) is 0 Å². The van der Waals surface area contributed by atoms with E-state index in [1.165, 1.54) is 0 Å². The average molecular weight is 370 g/mol. The Kier molecular flexibility index (Phi) is 4.97. The van der Waals surface area contributed by atoms with Crippen LogP contribution in [0.5, 0.6) is 0 Å². The van der Waals surface area contributed by atoms with Gasteiger partial charge in [0.1, 0.15) is 5.82 Å². The fourth-order valence-electron chi connectivity index (χ4n) is 1.79. The number of halogens is 1. The molecule has 0 saturated heterocycles. The number of aryl methyl sites for hydroxylation is 1. The fraction of sp³-hybridized carbons (Fsp3) is 0.214. The van der Waals surface area contributed by atoms with Gasteiger partial charge in [0.2, 0.25) is 10.0 Å². The van der Waals surface area contributed by atoms with Crippen molar-refractivity contribution in [1.29, 1.82) is 0 Å². The van der Waals surface area contributed by atoms with Gasteiger partial charge in [-0.1, -0.05) is 24.3 Å². The number of sulfonamides is 1. The van der Waals surface area contributed by atoms with Gasteiger partial charge < -0.3 is 5.73 Å². The smallest absolute Gasteiger partial charge is 0.238 e. The van der Waals surface area contributed by atoms with E-state index in [9.17, 15) is 8.42 Å². The molecule has 0 aliphatic carbocycles. The van der Waals surface area contributed by atoms with Crippen molar-refractivity contribution in [3.63, 3.8) is 0 Å². The highest BCUT2D eigenvalue weighted by Gasteiger charge is 2.13. The highest BCUT2D eigenvalue weighted by molar-refractivity contribution is 9.10. The molecule has 0 bridgehead atoms. The predicted octanol–water partition coefficient (Wildman–Crippen LogP) is 2.55. The minimum atomic E-state index is -3.50. The third-order valence-corrected chi connectivity index (χ3v) is 4.97. The van der Waals surface area contributed by atoms with Gasteiger partial charge in [0, 0.05) is 11.0 Å². The molecule has 1 heterocycles. The monoisotopic (exact) mass is 369 g/mol. The molecular formula is C14H16BrN3O2S. The van der Waals surface area contributed by atoms with E-state index in [0.29, 0.717) is 17.9 Å². The zero-order valence-corrected chi connectivity index (χ0v) is 13.9. The first-order valence-corrected chi connectivity index (χ1v) is 8.75. The second kappa shape index (κ2) is 6.55. The van der Waals surface area contributed by atoms with E-state index in [1.807, 2.05) is 12.1 Å². The van der Waals surface area contributed by atoms with Crippen molar-refractivity contribution >= 4 is 31.8 Å². The zero-order valence-electron chi connectivity index (χ0n) is 11.5. The zero-order chi connectivity index (χ0) is 15.5. The molecule has 2 aromatic rings. The fourth-order valence-corrected chi connectivity index (χ4v) is 3.14. The van der Waals surface area contributed by atoms with Gasteiger partial charge >= 0.3 is 0 Å². The number of pyridine rings is 1. The SMILES string of the molecule is Cc1nc(NS(=O)(=O)Cc2ccc(CN)cc2)ccc1Br. The number of nitrogens with zero attached hydrogens (tertiary/aromatic N) is 1. The van der Waals surface area contributed by atoms with Crippen molar-refractivity contribution in [2.45, 2.75) is 19.2 Å². The molecule has 1 aromatic heterocycles. The van der Waals surface area contributed by atoms with Crippen molar-refractivity contribution in [3.05, 3.63) is 57.7 Å². The largest absolute Gasteiger partial charge is 0.326 e. The number of anilines is 1. The second-order valence-corrected chi connectivity index (χ2v) is 7.22. The Morgan fingerprint density at radius 2 is 1.76 bits per heavy atom. The molecule has 21 heavy (non-hydrogen) atoms. The number of nitrogens with two attached hydrogens (primary N) is 1. The summed E-state index contributed by atoms with van der Waals surface area (Å²) in [6.45, 7) is 2.24. The van der Waals surface area contributed by atoms with Gasteiger partial charge in [-0.2, -0.15) is 0 Å². The number of rotatable bonds is 5. The maximum atomic E-state index is 12.1. The number of hydrogen-bond acceptors (Lipinski definition) is 4. The number of benzene rings is 1. The van der Waals surface area contributed by atoms with Crippen LogP contribution in [-0.4, -0.2) is 13.4 Å². The van der Waals surface area contributed by atoms with Crippen LogP contribution in [0.2, 0.25) is 0 Å². The standard InChI is InChI=1S/C14H16BrN3O2S/c1-10-13(15)6-7-14(17-10)18-21(19,20)9-12-4-2-11(8-16)3-5-12/h2-7H,8-9,16H2,1H3,(H,17,18). The summed E-state index contributed by atoms with van der Waals surface area (Å²) < 4.78 is 27.6. The summed E-state index contributed by atoms with van der Waals surface area (Å²) in [5.74, 6) is 0.212. The van der Waals surface area contributed by atoms with Crippen LogP contribution < -0.4 is 10.5 Å².